The first-order valence-corrected chi connectivity index (χ1v) is 35.9. The molecule has 1 unspecified atom stereocenters. The molecule has 476 valence electrons. The molecule has 6 heteroatoms. The summed E-state index contributed by atoms with van der Waals surface area (Å²) in [4.78, 5) is 38.5. The maximum absolute atomic E-state index is 12.9. The summed E-state index contributed by atoms with van der Waals surface area (Å²) in [7, 11) is 0. The number of allylic oxidation sites excluding steroid dienone is 12. The van der Waals surface area contributed by atoms with E-state index in [0.29, 0.717) is 19.3 Å². The van der Waals surface area contributed by atoms with Crippen molar-refractivity contribution in [2.24, 2.45) is 0 Å². The monoisotopic (exact) mass is 1150 g/mol. The van der Waals surface area contributed by atoms with Crippen LogP contribution < -0.4 is 0 Å². The molecule has 0 heterocycles. The van der Waals surface area contributed by atoms with Crippen LogP contribution in [0, 0.1) is 0 Å². The van der Waals surface area contributed by atoms with Gasteiger partial charge in [0.2, 0.25) is 0 Å². The van der Waals surface area contributed by atoms with Crippen molar-refractivity contribution in [3.8, 4) is 0 Å². The van der Waals surface area contributed by atoms with Crippen molar-refractivity contribution in [3.63, 3.8) is 0 Å². The Morgan fingerprint density at radius 3 is 0.744 bits per heavy atom. The van der Waals surface area contributed by atoms with E-state index in [4.69, 9.17) is 14.2 Å². The van der Waals surface area contributed by atoms with Crippen LogP contribution in [-0.4, -0.2) is 37.2 Å². The maximum atomic E-state index is 12.9. The van der Waals surface area contributed by atoms with Crippen molar-refractivity contribution in [1.82, 2.24) is 0 Å². The van der Waals surface area contributed by atoms with Crippen LogP contribution in [0.25, 0.3) is 0 Å². The van der Waals surface area contributed by atoms with E-state index >= 15 is 0 Å². The standard InChI is InChI=1S/C76H136O6/c1-4-7-10-13-16-19-22-25-28-31-34-36-37-38-39-41-42-45-48-51-54-57-60-63-66-69-75(78)81-72-73(71-80-74(77)68-65-62-59-56-53-50-47-44-33-30-27-24-21-18-15-12-9-6-3)82-76(79)70-67-64-61-58-55-52-49-46-43-40-35-32-29-26-23-20-17-14-11-8-5-2/h8,11,17,20,26,29,35,40,46,49,55,58,73H,4-7,9-10,12-16,18-19,21-25,27-28,30-34,36-39,41-45,47-48,50-54,56-57,59-72H2,1-3H3/b11-8-,20-17-,29-26-,40-35-,49-46-,58-55-. The Hall–Kier alpha value is -3.15. The summed E-state index contributed by atoms with van der Waals surface area (Å²) in [5.74, 6) is -0.907. The third-order valence-corrected chi connectivity index (χ3v) is 16.0. The predicted molar refractivity (Wildman–Crippen MR) is 358 cm³/mol. The zero-order valence-corrected chi connectivity index (χ0v) is 54.8. The Balaban J connectivity index is 4.37. The number of rotatable bonds is 66. The van der Waals surface area contributed by atoms with E-state index in [1.54, 1.807) is 0 Å². The van der Waals surface area contributed by atoms with Crippen LogP contribution in [0.5, 0.6) is 0 Å². The fraction of sp³-hybridized carbons (Fsp3) is 0.803. The number of ether oxygens (including phenoxy) is 3. The molecule has 0 saturated carbocycles. The van der Waals surface area contributed by atoms with Crippen LogP contribution in [-0.2, 0) is 28.6 Å². The van der Waals surface area contributed by atoms with E-state index in [9.17, 15) is 14.4 Å². The van der Waals surface area contributed by atoms with E-state index in [0.717, 1.165) is 89.9 Å². The molecule has 0 N–H and O–H groups in total. The van der Waals surface area contributed by atoms with Gasteiger partial charge in [0.25, 0.3) is 0 Å². The highest BCUT2D eigenvalue weighted by Gasteiger charge is 2.19. The van der Waals surface area contributed by atoms with Gasteiger partial charge in [-0.1, -0.05) is 357 Å². The van der Waals surface area contributed by atoms with Gasteiger partial charge in [-0.3, -0.25) is 14.4 Å². The zero-order valence-electron chi connectivity index (χ0n) is 54.8. The van der Waals surface area contributed by atoms with Crippen molar-refractivity contribution < 1.29 is 28.6 Å². The summed E-state index contributed by atoms with van der Waals surface area (Å²) >= 11 is 0. The SMILES string of the molecule is CC/C=C\C/C=C\C/C=C\C/C=C\C/C=C\C/C=C\CCCCC(=O)OC(COC(=O)CCCCCCCCCCCCCCCCCCCC)COC(=O)CCCCCCCCCCCCCCCCCCCCCCCCCCC. The van der Waals surface area contributed by atoms with E-state index in [1.807, 2.05) is 0 Å². The topological polar surface area (TPSA) is 78.9 Å². The van der Waals surface area contributed by atoms with Crippen LogP contribution in [0.2, 0.25) is 0 Å². The van der Waals surface area contributed by atoms with Crippen molar-refractivity contribution in [2.45, 2.75) is 380 Å². The number of unbranched alkanes of at least 4 members (excludes halogenated alkanes) is 43. The van der Waals surface area contributed by atoms with Crippen molar-refractivity contribution in [3.05, 3.63) is 72.9 Å². The molecule has 1 atom stereocenters. The maximum Gasteiger partial charge on any atom is 0.306 e. The van der Waals surface area contributed by atoms with Gasteiger partial charge in [-0.15, -0.1) is 0 Å². The normalized spacial score (nSPS) is 12.5. The lowest BCUT2D eigenvalue weighted by molar-refractivity contribution is -0.167. The second-order valence-electron chi connectivity index (χ2n) is 24.1. The zero-order chi connectivity index (χ0) is 59.2. The van der Waals surface area contributed by atoms with Crippen LogP contribution in [0.1, 0.15) is 374 Å². The number of carbonyl (C=O) groups is 3. The molecule has 0 aliphatic heterocycles. The van der Waals surface area contributed by atoms with Gasteiger partial charge < -0.3 is 14.2 Å². The predicted octanol–water partition coefficient (Wildman–Crippen LogP) is 24.8. The van der Waals surface area contributed by atoms with Crippen LogP contribution in [0.15, 0.2) is 72.9 Å². The van der Waals surface area contributed by atoms with Gasteiger partial charge in [-0.05, 0) is 70.6 Å². The molecule has 0 spiro atoms. The summed E-state index contributed by atoms with van der Waals surface area (Å²) in [6.45, 7) is 6.56. The summed E-state index contributed by atoms with van der Waals surface area (Å²) in [6.07, 6.45) is 92.2. The Morgan fingerprint density at radius 2 is 0.476 bits per heavy atom. The van der Waals surface area contributed by atoms with Gasteiger partial charge in [0.15, 0.2) is 6.10 Å². The number of hydrogen-bond donors (Lipinski definition) is 0. The van der Waals surface area contributed by atoms with Crippen LogP contribution in [0.3, 0.4) is 0 Å². The highest BCUT2D eigenvalue weighted by Crippen LogP contribution is 2.18. The fourth-order valence-corrected chi connectivity index (χ4v) is 10.6. The quantitative estimate of drug-likeness (QED) is 0.0261. The molecule has 0 saturated heterocycles. The molecule has 0 rings (SSSR count). The van der Waals surface area contributed by atoms with Crippen molar-refractivity contribution in [2.75, 3.05) is 13.2 Å². The molecule has 0 aliphatic carbocycles. The molecule has 0 fully saturated rings. The smallest absolute Gasteiger partial charge is 0.306 e. The average Bonchev–Trinajstić information content (AvgIpc) is 3.47. The van der Waals surface area contributed by atoms with Crippen molar-refractivity contribution in [1.29, 1.82) is 0 Å². The molecule has 0 bridgehead atoms. The van der Waals surface area contributed by atoms with Gasteiger partial charge >= 0.3 is 17.9 Å². The Kier molecular flexibility index (Phi) is 67.6. The molecule has 0 aromatic carbocycles. The first-order chi connectivity index (χ1) is 40.5. The third kappa shape index (κ3) is 67.6. The highest BCUT2D eigenvalue weighted by molar-refractivity contribution is 5.71. The molecule has 0 amide bonds. The summed E-state index contributed by atoms with van der Waals surface area (Å²) < 4.78 is 17.0. The first kappa shape index (κ1) is 78.8. The van der Waals surface area contributed by atoms with Gasteiger partial charge in [0, 0.05) is 19.3 Å². The number of esters is 3. The lowest BCUT2D eigenvalue weighted by Crippen LogP contribution is -2.30. The summed E-state index contributed by atoms with van der Waals surface area (Å²) in [5, 5.41) is 0. The highest BCUT2D eigenvalue weighted by atomic mass is 16.6. The van der Waals surface area contributed by atoms with Crippen LogP contribution in [0.4, 0.5) is 0 Å². The van der Waals surface area contributed by atoms with Crippen molar-refractivity contribution >= 4 is 17.9 Å². The molecule has 6 nitrogen and oxygen atoms in total. The first-order valence-electron chi connectivity index (χ1n) is 35.9. The molecular formula is C76H136O6. The van der Waals surface area contributed by atoms with Gasteiger partial charge in [0.05, 0.1) is 0 Å². The fourth-order valence-electron chi connectivity index (χ4n) is 10.6. The third-order valence-electron chi connectivity index (χ3n) is 16.0. The minimum absolute atomic E-state index is 0.0883. The molecular weight excluding hydrogens is 1010 g/mol. The van der Waals surface area contributed by atoms with Gasteiger partial charge in [-0.2, -0.15) is 0 Å². The lowest BCUT2D eigenvalue weighted by atomic mass is 10.0. The van der Waals surface area contributed by atoms with E-state index in [-0.39, 0.29) is 37.5 Å². The Labute approximate surface area is 510 Å². The van der Waals surface area contributed by atoms with Gasteiger partial charge in [-0.25, -0.2) is 0 Å². The van der Waals surface area contributed by atoms with E-state index in [2.05, 4.69) is 93.7 Å². The second kappa shape index (κ2) is 70.3. The summed E-state index contributed by atoms with van der Waals surface area (Å²) in [6, 6.07) is 0. The Bertz CT molecular complexity index is 1500. The second-order valence-corrected chi connectivity index (χ2v) is 24.1. The molecule has 0 aromatic rings. The number of carbonyl (C=O) groups excluding carboxylic acids is 3. The minimum atomic E-state index is -0.798. The molecule has 0 radical (unpaired) electrons. The minimum Gasteiger partial charge on any atom is -0.462 e. The molecule has 82 heavy (non-hydrogen) atoms. The number of hydrogen-bond acceptors (Lipinski definition) is 6. The lowest BCUT2D eigenvalue weighted by Gasteiger charge is -2.18. The van der Waals surface area contributed by atoms with E-state index in [1.165, 1.54) is 238 Å². The Morgan fingerprint density at radius 1 is 0.256 bits per heavy atom. The average molecular weight is 1150 g/mol. The van der Waals surface area contributed by atoms with E-state index < -0.39 is 6.10 Å². The summed E-state index contributed by atoms with van der Waals surface area (Å²) in [5.41, 5.74) is 0. The van der Waals surface area contributed by atoms with Crippen LogP contribution >= 0.6 is 0 Å². The largest absolute Gasteiger partial charge is 0.462 e. The van der Waals surface area contributed by atoms with Gasteiger partial charge in [0.1, 0.15) is 13.2 Å². The molecule has 0 aromatic heterocycles. The molecule has 0 aliphatic rings.